The average molecular weight is 328 g/mol. The van der Waals surface area contributed by atoms with E-state index >= 15 is 0 Å². The Bertz CT molecular complexity index is 728. The van der Waals surface area contributed by atoms with Crippen LogP contribution >= 0.6 is 11.6 Å². The largest absolute Gasteiger partial charge is 0.323 e. The molecule has 0 saturated heterocycles. The number of pyridine rings is 1. The van der Waals surface area contributed by atoms with Crippen molar-refractivity contribution in [2.75, 3.05) is 5.32 Å². The van der Waals surface area contributed by atoms with Gasteiger partial charge in [0.15, 0.2) is 0 Å². The molecular formula is C18H18ClN3O. The number of anilines is 1. The number of carbonyl (C=O) groups is 1. The second-order valence-corrected chi connectivity index (χ2v) is 5.93. The second-order valence-electron chi connectivity index (χ2n) is 5.54. The molecule has 1 aliphatic rings. The van der Waals surface area contributed by atoms with Gasteiger partial charge in [-0.3, -0.25) is 4.79 Å². The maximum Gasteiger partial charge on any atom is 0.247 e. The van der Waals surface area contributed by atoms with Gasteiger partial charge in [0.2, 0.25) is 5.91 Å². The summed E-state index contributed by atoms with van der Waals surface area (Å²) in [5.74, 6) is -0.207. The zero-order valence-electron chi connectivity index (χ0n) is 12.7. The molecule has 1 aromatic carbocycles. The molecule has 2 N–H and O–H groups in total. The number of rotatable bonds is 5. The predicted octanol–water partition coefficient (Wildman–Crippen LogP) is 3.64. The molecule has 118 valence electrons. The van der Waals surface area contributed by atoms with E-state index in [2.05, 4.69) is 28.3 Å². The molecule has 0 aliphatic heterocycles. The minimum atomic E-state index is -0.207. The number of amides is 1. The summed E-state index contributed by atoms with van der Waals surface area (Å²) in [6.07, 6.45) is 3.32. The molecule has 4 nitrogen and oxygen atoms in total. The van der Waals surface area contributed by atoms with E-state index in [0.29, 0.717) is 5.15 Å². The first-order valence-electron chi connectivity index (χ1n) is 7.57. The third-order valence-corrected chi connectivity index (χ3v) is 4.18. The highest BCUT2D eigenvalue weighted by Gasteiger charge is 2.23. The quantitative estimate of drug-likeness (QED) is 0.651. The van der Waals surface area contributed by atoms with Gasteiger partial charge in [-0.15, -0.1) is 0 Å². The summed E-state index contributed by atoms with van der Waals surface area (Å²) in [6.45, 7) is 4.18. The van der Waals surface area contributed by atoms with Gasteiger partial charge in [-0.05, 0) is 48.2 Å². The Morgan fingerprint density at radius 2 is 2.09 bits per heavy atom. The summed E-state index contributed by atoms with van der Waals surface area (Å²) in [5, 5.41) is 6.80. The predicted molar refractivity (Wildman–Crippen MR) is 92.4 cm³/mol. The van der Waals surface area contributed by atoms with Gasteiger partial charge in [0.25, 0.3) is 0 Å². The van der Waals surface area contributed by atoms with E-state index in [-0.39, 0.29) is 11.9 Å². The van der Waals surface area contributed by atoms with E-state index in [1.165, 1.54) is 11.6 Å². The molecule has 23 heavy (non-hydrogen) atoms. The Balaban J connectivity index is 1.60. The van der Waals surface area contributed by atoms with E-state index in [9.17, 15) is 4.79 Å². The summed E-state index contributed by atoms with van der Waals surface area (Å²) < 4.78 is 0. The summed E-state index contributed by atoms with van der Waals surface area (Å²) >= 11 is 6.00. The molecule has 0 radical (unpaired) electrons. The van der Waals surface area contributed by atoms with Crippen molar-refractivity contribution in [3.63, 3.8) is 0 Å². The molecule has 1 aromatic heterocycles. The van der Waals surface area contributed by atoms with Crippen molar-refractivity contribution in [1.29, 1.82) is 0 Å². The van der Waals surface area contributed by atoms with Crippen molar-refractivity contribution in [3.8, 4) is 0 Å². The van der Waals surface area contributed by atoms with Crippen LogP contribution in [0.25, 0.3) is 0 Å². The number of halogens is 1. The monoisotopic (exact) mass is 327 g/mol. The molecule has 5 heteroatoms. The van der Waals surface area contributed by atoms with Crippen molar-refractivity contribution >= 4 is 23.2 Å². The summed E-state index contributed by atoms with van der Waals surface area (Å²) in [4.78, 5) is 15.7. The van der Waals surface area contributed by atoms with Crippen LogP contribution in [0.4, 0.5) is 5.69 Å². The summed E-state index contributed by atoms with van der Waals surface area (Å²) in [6, 6.07) is 11.9. The zero-order chi connectivity index (χ0) is 16.2. The van der Waals surface area contributed by atoms with E-state index in [1.54, 1.807) is 0 Å². The lowest BCUT2D eigenvalue weighted by Gasteiger charge is -2.13. The molecule has 0 bridgehead atoms. The number of benzene rings is 1. The van der Waals surface area contributed by atoms with Gasteiger partial charge in [0.1, 0.15) is 5.15 Å². The maximum absolute atomic E-state index is 11.3. The van der Waals surface area contributed by atoms with Crippen LogP contribution in [0.3, 0.4) is 0 Å². The lowest BCUT2D eigenvalue weighted by Crippen LogP contribution is -2.19. The highest BCUT2D eigenvalue weighted by Crippen LogP contribution is 2.30. The van der Waals surface area contributed by atoms with Crippen LogP contribution in [0.15, 0.2) is 49.1 Å². The van der Waals surface area contributed by atoms with Gasteiger partial charge in [0.05, 0.1) is 11.7 Å². The van der Waals surface area contributed by atoms with Crippen LogP contribution in [0.5, 0.6) is 0 Å². The van der Waals surface area contributed by atoms with E-state index < -0.39 is 0 Å². The Labute approximate surface area is 140 Å². The number of aromatic nitrogens is 1. The normalized spacial score (nSPS) is 16.0. The molecule has 0 saturated carbocycles. The molecule has 0 fully saturated rings. The van der Waals surface area contributed by atoms with Crippen LogP contribution in [0.2, 0.25) is 5.15 Å². The average Bonchev–Trinajstić information content (AvgIpc) is 2.96. The second kappa shape index (κ2) is 6.94. The topological polar surface area (TPSA) is 54.0 Å². The van der Waals surface area contributed by atoms with Gasteiger partial charge >= 0.3 is 0 Å². The molecular weight excluding hydrogens is 310 g/mol. The molecule has 1 aliphatic carbocycles. The van der Waals surface area contributed by atoms with Crippen LogP contribution < -0.4 is 10.6 Å². The fourth-order valence-corrected chi connectivity index (χ4v) is 2.92. The molecule has 1 unspecified atom stereocenters. The third kappa shape index (κ3) is 3.78. The lowest BCUT2D eigenvalue weighted by atomic mass is 10.1. The molecule has 1 heterocycles. The molecule has 0 spiro atoms. The molecule has 1 atom stereocenters. The van der Waals surface area contributed by atoms with E-state index in [4.69, 9.17) is 11.6 Å². The van der Waals surface area contributed by atoms with Gasteiger partial charge < -0.3 is 10.6 Å². The number of nitrogens with zero attached hydrogens (tertiary/aromatic N) is 1. The minimum absolute atomic E-state index is 0.207. The lowest BCUT2D eigenvalue weighted by molar-refractivity contribution is -0.111. The van der Waals surface area contributed by atoms with Crippen molar-refractivity contribution in [1.82, 2.24) is 10.3 Å². The molecule has 2 aromatic rings. The number of fused-ring (bicyclic) bond motifs is 1. The fourth-order valence-electron chi connectivity index (χ4n) is 2.77. The van der Waals surface area contributed by atoms with Gasteiger partial charge in [0, 0.05) is 12.2 Å². The smallest absolute Gasteiger partial charge is 0.247 e. The standard InChI is InChI=1S/C18H18ClN3O/c1-2-17(23)21-14-7-3-12(4-8-14)11-20-15-9-5-13-6-10-16(19)22-18(13)15/h2-4,6-8,10,15,20H,1,5,9,11H2,(H,21,23). The van der Waals surface area contributed by atoms with Crippen molar-refractivity contribution in [3.05, 3.63) is 71.0 Å². The molecule has 1 amide bonds. The first-order valence-corrected chi connectivity index (χ1v) is 7.94. The third-order valence-electron chi connectivity index (χ3n) is 3.97. The van der Waals surface area contributed by atoms with Crippen molar-refractivity contribution in [2.45, 2.75) is 25.4 Å². The zero-order valence-corrected chi connectivity index (χ0v) is 13.4. The number of hydrogen-bond donors (Lipinski definition) is 2. The number of aryl methyl sites for hydroxylation is 1. The maximum atomic E-state index is 11.3. The first kappa shape index (κ1) is 15.7. The Kier molecular flexibility index (Phi) is 4.74. The highest BCUT2D eigenvalue weighted by molar-refractivity contribution is 6.29. The summed E-state index contributed by atoms with van der Waals surface area (Å²) in [5.41, 5.74) is 4.25. The minimum Gasteiger partial charge on any atom is -0.323 e. The number of hydrogen-bond acceptors (Lipinski definition) is 3. The van der Waals surface area contributed by atoms with Crippen LogP contribution in [-0.2, 0) is 17.8 Å². The van der Waals surface area contributed by atoms with Crippen LogP contribution in [0, 0.1) is 0 Å². The Morgan fingerprint density at radius 3 is 2.83 bits per heavy atom. The van der Waals surface area contributed by atoms with E-state index in [1.807, 2.05) is 30.3 Å². The van der Waals surface area contributed by atoms with Gasteiger partial charge in [-0.1, -0.05) is 36.4 Å². The first-order chi connectivity index (χ1) is 11.2. The SMILES string of the molecule is C=CC(=O)Nc1ccc(CNC2CCc3ccc(Cl)nc32)cc1. The van der Waals surface area contributed by atoms with Gasteiger partial charge in [-0.2, -0.15) is 0 Å². The number of carbonyl (C=O) groups excluding carboxylic acids is 1. The van der Waals surface area contributed by atoms with Gasteiger partial charge in [-0.25, -0.2) is 4.98 Å². The Morgan fingerprint density at radius 1 is 1.30 bits per heavy atom. The van der Waals surface area contributed by atoms with Crippen LogP contribution in [-0.4, -0.2) is 10.9 Å². The van der Waals surface area contributed by atoms with E-state index in [0.717, 1.165) is 36.3 Å². The van der Waals surface area contributed by atoms with Crippen LogP contribution in [0.1, 0.15) is 29.3 Å². The fraction of sp³-hybridized carbons (Fsp3) is 0.222. The summed E-state index contributed by atoms with van der Waals surface area (Å²) in [7, 11) is 0. The Hall–Kier alpha value is -2.17. The van der Waals surface area contributed by atoms with Crippen molar-refractivity contribution < 1.29 is 4.79 Å². The number of nitrogens with one attached hydrogen (secondary N) is 2. The highest BCUT2D eigenvalue weighted by atomic mass is 35.5. The molecule has 3 rings (SSSR count). The van der Waals surface area contributed by atoms with Crippen molar-refractivity contribution in [2.24, 2.45) is 0 Å².